The third-order valence-corrected chi connectivity index (χ3v) is 2.03. The molecule has 76 valence electrons. The quantitative estimate of drug-likeness (QED) is 0.780. The Morgan fingerprint density at radius 3 is 2.60 bits per heavy atom. The van der Waals surface area contributed by atoms with E-state index >= 15 is 0 Å². The minimum absolute atomic E-state index is 0.0275. The van der Waals surface area contributed by atoms with E-state index in [9.17, 15) is 8.78 Å². The van der Waals surface area contributed by atoms with Crippen molar-refractivity contribution in [2.75, 3.05) is 0 Å². The van der Waals surface area contributed by atoms with E-state index in [0.717, 1.165) is 6.20 Å². The van der Waals surface area contributed by atoms with Gasteiger partial charge in [-0.15, -0.1) is 0 Å². The highest BCUT2D eigenvalue weighted by molar-refractivity contribution is 6.31. The summed E-state index contributed by atoms with van der Waals surface area (Å²) in [5.74, 6) is 0. The standard InChI is InChI=1S/C9H4ClF2N3/c10-6-4-15-7(1-2-13)5(3-14)8(6)9(11)12/h4,9H,1H2. The summed E-state index contributed by atoms with van der Waals surface area (Å²) in [6, 6.07) is 3.34. The molecule has 0 fully saturated rings. The summed E-state index contributed by atoms with van der Waals surface area (Å²) in [5, 5.41) is 16.9. The fraction of sp³-hybridized carbons (Fsp3) is 0.222. The summed E-state index contributed by atoms with van der Waals surface area (Å²) >= 11 is 5.50. The highest BCUT2D eigenvalue weighted by Crippen LogP contribution is 2.30. The first-order chi connectivity index (χ1) is 7.11. The molecule has 15 heavy (non-hydrogen) atoms. The van der Waals surface area contributed by atoms with Crippen LogP contribution in [0, 0.1) is 22.7 Å². The summed E-state index contributed by atoms with van der Waals surface area (Å²) in [6.45, 7) is 0. The second-order valence-electron chi connectivity index (χ2n) is 2.59. The molecule has 0 radical (unpaired) electrons. The lowest BCUT2D eigenvalue weighted by Crippen LogP contribution is -2.01. The van der Waals surface area contributed by atoms with Crippen LogP contribution >= 0.6 is 11.6 Å². The molecule has 6 heteroatoms. The van der Waals surface area contributed by atoms with E-state index in [1.807, 2.05) is 0 Å². The number of nitrogens with zero attached hydrogens (tertiary/aromatic N) is 3. The number of hydrogen-bond donors (Lipinski definition) is 0. The van der Waals surface area contributed by atoms with Crippen molar-refractivity contribution < 1.29 is 8.78 Å². The first-order valence-electron chi connectivity index (χ1n) is 3.84. The van der Waals surface area contributed by atoms with Crippen molar-refractivity contribution in [1.82, 2.24) is 4.98 Å². The average Bonchev–Trinajstić information content (AvgIpc) is 2.19. The van der Waals surface area contributed by atoms with Gasteiger partial charge in [0.2, 0.25) is 0 Å². The van der Waals surface area contributed by atoms with Gasteiger partial charge in [-0.3, -0.25) is 4.98 Å². The lowest BCUT2D eigenvalue weighted by atomic mass is 10.1. The number of rotatable bonds is 2. The van der Waals surface area contributed by atoms with Crippen LogP contribution in [-0.2, 0) is 6.42 Å². The number of hydrogen-bond acceptors (Lipinski definition) is 3. The van der Waals surface area contributed by atoms with Gasteiger partial charge in [-0.25, -0.2) is 8.78 Å². The largest absolute Gasteiger partial charge is 0.266 e. The van der Waals surface area contributed by atoms with E-state index in [4.69, 9.17) is 22.1 Å². The van der Waals surface area contributed by atoms with Gasteiger partial charge in [0.1, 0.15) is 6.07 Å². The molecule has 0 aliphatic heterocycles. The molecule has 0 unspecified atom stereocenters. The summed E-state index contributed by atoms with van der Waals surface area (Å²) < 4.78 is 25.1. The third-order valence-electron chi connectivity index (χ3n) is 1.73. The normalized spacial score (nSPS) is 9.73. The Bertz CT molecular complexity index is 460. The lowest BCUT2D eigenvalue weighted by molar-refractivity contribution is 0.151. The van der Waals surface area contributed by atoms with Gasteiger partial charge < -0.3 is 0 Å². The Hall–Kier alpha value is -1.72. The van der Waals surface area contributed by atoms with Gasteiger partial charge in [-0.05, 0) is 0 Å². The molecule has 0 aromatic carbocycles. The molecule has 0 aliphatic rings. The number of halogens is 3. The van der Waals surface area contributed by atoms with Gasteiger partial charge in [0.25, 0.3) is 6.43 Å². The molecule has 0 spiro atoms. The van der Waals surface area contributed by atoms with Crippen molar-refractivity contribution in [1.29, 1.82) is 10.5 Å². The van der Waals surface area contributed by atoms with Crippen molar-refractivity contribution in [3.63, 3.8) is 0 Å². The fourth-order valence-corrected chi connectivity index (χ4v) is 1.32. The smallest absolute Gasteiger partial charge is 0.257 e. The van der Waals surface area contributed by atoms with E-state index in [-0.39, 0.29) is 22.7 Å². The molecule has 0 bridgehead atoms. The Labute approximate surface area is 89.5 Å². The van der Waals surface area contributed by atoms with Gasteiger partial charge in [-0.2, -0.15) is 10.5 Å². The van der Waals surface area contributed by atoms with Crippen molar-refractivity contribution in [2.24, 2.45) is 0 Å². The first-order valence-corrected chi connectivity index (χ1v) is 4.22. The zero-order valence-electron chi connectivity index (χ0n) is 7.34. The van der Waals surface area contributed by atoms with E-state index in [0.29, 0.717) is 0 Å². The zero-order valence-corrected chi connectivity index (χ0v) is 8.09. The first kappa shape index (κ1) is 11.4. The minimum atomic E-state index is -2.85. The highest BCUT2D eigenvalue weighted by atomic mass is 35.5. The van der Waals surface area contributed by atoms with Crippen LogP contribution in [0.4, 0.5) is 8.78 Å². The van der Waals surface area contributed by atoms with Gasteiger partial charge in [0, 0.05) is 6.20 Å². The summed E-state index contributed by atoms with van der Waals surface area (Å²) in [6.07, 6.45) is -2.02. The Morgan fingerprint density at radius 1 is 1.47 bits per heavy atom. The van der Waals surface area contributed by atoms with Crippen LogP contribution in [0.25, 0.3) is 0 Å². The number of nitriles is 2. The monoisotopic (exact) mass is 227 g/mol. The van der Waals surface area contributed by atoms with Crippen LogP contribution in [0.5, 0.6) is 0 Å². The van der Waals surface area contributed by atoms with E-state index in [1.165, 1.54) is 0 Å². The third kappa shape index (κ3) is 2.20. The maximum absolute atomic E-state index is 12.5. The van der Waals surface area contributed by atoms with E-state index in [2.05, 4.69) is 4.98 Å². The predicted molar refractivity (Wildman–Crippen MR) is 48.2 cm³/mol. The molecule has 1 heterocycles. The second kappa shape index (κ2) is 4.68. The van der Waals surface area contributed by atoms with Crippen molar-refractivity contribution >= 4 is 11.6 Å². The Morgan fingerprint density at radius 2 is 2.13 bits per heavy atom. The average molecular weight is 228 g/mol. The second-order valence-corrected chi connectivity index (χ2v) is 3.00. The Kier molecular flexibility index (Phi) is 3.54. The van der Waals surface area contributed by atoms with Crippen LogP contribution in [-0.4, -0.2) is 4.98 Å². The lowest BCUT2D eigenvalue weighted by Gasteiger charge is -2.07. The summed E-state index contributed by atoms with van der Waals surface area (Å²) in [5.41, 5.74) is -0.835. The predicted octanol–water partition coefficient (Wildman–Crippen LogP) is 2.61. The highest BCUT2D eigenvalue weighted by Gasteiger charge is 2.20. The fourth-order valence-electron chi connectivity index (χ4n) is 1.09. The Balaban J connectivity index is 3.43. The van der Waals surface area contributed by atoms with Crippen molar-refractivity contribution in [3.05, 3.63) is 28.0 Å². The molecule has 0 saturated carbocycles. The minimum Gasteiger partial charge on any atom is -0.257 e. The van der Waals surface area contributed by atoms with Crippen molar-refractivity contribution in [3.8, 4) is 12.1 Å². The molecule has 0 aliphatic carbocycles. The molecule has 1 aromatic rings. The maximum Gasteiger partial charge on any atom is 0.266 e. The molecule has 0 atom stereocenters. The maximum atomic E-state index is 12.5. The van der Waals surface area contributed by atoms with E-state index in [1.54, 1.807) is 12.1 Å². The number of pyridine rings is 1. The molecular weight excluding hydrogens is 224 g/mol. The molecule has 0 saturated heterocycles. The zero-order chi connectivity index (χ0) is 11.4. The molecule has 1 rings (SSSR count). The van der Waals surface area contributed by atoms with E-state index < -0.39 is 12.0 Å². The van der Waals surface area contributed by atoms with Crippen LogP contribution in [0.1, 0.15) is 23.2 Å². The summed E-state index contributed by atoms with van der Waals surface area (Å²) in [4.78, 5) is 3.67. The molecule has 3 nitrogen and oxygen atoms in total. The van der Waals surface area contributed by atoms with Gasteiger partial charge in [-0.1, -0.05) is 11.6 Å². The SMILES string of the molecule is N#CCc1ncc(Cl)c(C(F)F)c1C#N. The van der Waals surface area contributed by atoms with Gasteiger partial charge >= 0.3 is 0 Å². The van der Waals surface area contributed by atoms with Crippen LogP contribution in [0.3, 0.4) is 0 Å². The van der Waals surface area contributed by atoms with Gasteiger partial charge in [0.05, 0.1) is 34.3 Å². The van der Waals surface area contributed by atoms with Crippen LogP contribution in [0.15, 0.2) is 6.20 Å². The van der Waals surface area contributed by atoms with Crippen LogP contribution < -0.4 is 0 Å². The van der Waals surface area contributed by atoms with Crippen molar-refractivity contribution in [2.45, 2.75) is 12.8 Å². The topological polar surface area (TPSA) is 60.5 Å². The molecular formula is C9H4ClF2N3. The molecule has 0 N–H and O–H groups in total. The van der Waals surface area contributed by atoms with Crippen LogP contribution in [0.2, 0.25) is 5.02 Å². The number of alkyl halides is 2. The van der Waals surface area contributed by atoms with Gasteiger partial charge in [0.15, 0.2) is 0 Å². The number of aromatic nitrogens is 1. The molecule has 0 amide bonds. The molecule has 1 aromatic heterocycles. The summed E-state index contributed by atoms with van der Waals surface area (Å²) in [7, 11) is 0.